The van der Waals surface area contributed by atoms with Crippen LogP contribution in [0.15, 0.2) is 47.4 Å². The zero-order chi connectivity index (χ0) is 22.3. The third-order valence-corrected chi connectivity index (χ3v) is 5.32. The van der Waals surface area contributed by atoms with Crippen molar-refractivity contribution in [2.24, 2.45) is 5.14 Å². The van der Waals surface area contributed by atoms with Crippen LogP contribution >= 0.6 is 0 Å². The van der Waals surface area contributed by atoms with E-state index in [1.54, 1.807) is 6.07 Å². The molecule has 0 aliphatic rings. The van der Waals surface area contributed by atoms with Gasteiger partial charge in [0.05, 0.1) is 11.0 Å². The van der Waals surface area contributed by atoms with Crippen LogP contribution in [0.5, 0.6) is 0 Å². The van der Waals surface area contributed by atoms with E-state index in [0.29, 0.717) is 4.68 Å². The lowest BCUT2D eigenvalue weighted by Gasteiger charge is -2.13. The van der Waals surface area contributed by atoms with Crippen molar-refractivity contribution in [2.75, 3.05) is 0 Å². The van der Waals surface area contributed by atoms with Crippen molar-refractivity contribution in [3.8, 4) is 28.5 Å². The standard InChI is InChI=1S/C19H14F4N4O2S/c1-11-6-7-12(10-14(11)20)16-17(13-4-2-3-5-15(13)30(25,28)29)26-27(9-8-24)18(16)19(21,22)23/h2-7,10H,9H2,1H3,(H2,25,28,29). The molecular formula is C19H14F4N4O2S. The van der Waals surface area contributed by atoms with E-state index >= 15 is 0 Å². The molecule has 0 spiro atoms. The second-order valence-corrected chi connectivity index (χ2v) is 7.92. The van der Waals surface area contributed by atoms with Gasteiger partial charge in [-0.25, -0.2) is 22.6 Å². The van der Waals surface area contributed by atoms with E-state index in [9.17, 15) is 26.0 Å². The SMILES string of the molecule is Cc1ccc(-c2c(-c3ccccc3S(N)(=O)=O)nn(CC#N)c2C(F)(F)F)cc1F. The summed E-state index contributed by atoms with van der Waals surface area (Å²) in [5.74, 6) is -0.751. The highest BCUT2D eigenvalue weighted by molar-refractivity contribution is 7.89. The van der Waals surface area contributed by atoms with Crippen molar-refractivity contribution in [1.82, 2.24) is 9.78 Å². The fourth-order valence-corrected chi connectivity index (χ4v) is 3.79. The Bertz CT molecular complexity index is 1270. The highest BCUT2D eigenvalue weighted by Gasteiger charge is 2.41. The lowest BCUT2D eigenvalue weighted by Crippen LogP contribution is -2.15. The van der Waals surface area contributed by atoms with E-state index in [-0.39, 0.29) is 22.4 Å². The summed E-state index contributed by atoms with van der Waals surface area (Å²) in [6.07, 6.45) is -4.96. The number of aryl methyl sites for hydroxylation is 1. The molecule has 0 aliphatic heterocycles. The van der Waals surface area contributed by atoms with Crippen molar-refractivity contribution >= 4 is 10.0 Å². The topological polar surface area (TPSA) is 102 Å². The summed E-state index contributed by atoms with van der Waals surface area (Å²) in [5, 5.41) is 18.1. The number of halogens is 4. The number of nitriles is 1. The summed E-state index contributed by atoms with van der Waals surface area (Å²) in [6.45, 7) is 0.688. The molecule has 0 saturated carbocycles. The van der Waals surface area contributed by atoms with Crippen LogP contribution in [0.25, 0.3) is 22.4 Å². The van der Waals surface area contributed by atoms with Crippen molar-refractivity contribution in [1.29, 1.82) is 5.26 Å². The predicted molar refractivity (Wildman–Crippen MR) is 99.8 cm³/mol. The Morgan fingerprint density at radius 2 is 1.87 bits per heavy atom. The fraction of sp³-hybridized carbons (Fsp3) is 0.158. The number of benzene rings is 2. The second kappa shape index (κ2) is 7.55. The van der Waals surface area contributed by atoms with E-state index in [0.717, 1.165) is 12.1 Å². The van der Waals surface area contributed by atoms with Crippen LogP contribution in [-0.2, 0) is 22.7 Å². The molecule has 156 valence electrons. The Hall–Kier alpha value is -3.23. The van der Waals surface area contributed by atoms with Gasteiger partial charge in [-0.05, 0) is 30.2 Å². The van der Waals surface area contributed by atoms with Gasteiger partial charge in [0.15, 0.2) is 5.69 Å². The number of nitrogens with zero attached hydrogens (tertiary/aromatic N) is 3. The molecule has 0 aliphatic carbocycles. The van der Waals surface area contributed by atoms with Gasteiger partial charge in [-0.2, -0.15) is 23.5 Å². The van der Waals surface area contributed by atoms with E-state index in [1.807, 2.05) is 0 Å². The minimum absolute atomic E-state index is 0.172. The molecule has 2 aromatic carbocycles. The van der Waals surface area contributed by atoms with Crippen LogP contribution in [0, 0.1) is 24.1 Å². The number of hydrogen-bond donors (Lipinski definition) is 1. The lowest BCUT2D eigenvalue weighted by atomic mass is 9.97. The lowest BCUT2D eigenvalue weighted by molar-refractivity contribution is -0.143. The van der Waals surface area contributed by atoms with Crippen LogP contribution < -0.4 is 5.14 Å². The van der Waals surface area contributed by atoms with Gasteiger partial charge in [-0.3, -0.25) is 0 Å². The van der Waals surface area contributed by atoms with Crippen molar-refractivity contribution in [3.05, 3.63) is 59.5 Å². The second-order valence-electron chi connectivity index (χ2n) is 6.39. The predicted octanol–water partition coefficient (Wildman–Crippen LogP) is 3.85. The minimum atomic E-state index is -4.96. The van der Waals surface area contributed by atoms with Gasteiger partial charge in [0.25, 0.3) is 0 Å². The van der Waals surface area contributed by atoms with Gasteiger partial charge >= 0.3 is 6.18 Å². The van der Waals surface area contributed by atoms with Gasteiger partial charge < -0.3 is 0 Å². The van der Waals surface area contributed by atoms with Gasteiger partial charge in [0.1, 0.15) is 18.1 Å². The van der Waals surface area contributed by atoms with Crippen molar-refractivity contribution < 1.29 is 26.0 Å². The quantitative estimate of drug-likeness (QED) is 0.625. The summed E-state index contributed by atoms with van der Waals surface area (Å²) in [4.78, 5) is -0.450. The fourth-order valence-electron chi connectivity index (χ4n) is 3.05. The van der Waals surface area contributed by atoms with Crippen LogP contribution in [-0.4, -0.2) is 18.2 Å². The number of aromatic nitrogens is 2. The zero-order valence-corrected chi connectivity index (χ0v) is 16.2. The van der Waals surface area contributed by atoms with Gasteiger partial charge in [0, 0.05) is 11.1 Å². The molecular weight excluding hydrogens is 424 g/mol. The molecule has 0 fully saturated rings. The number of nitrogens with two attached hydrogens (primary N) is 1. The molecule has 0 bridgehead atoms. The van der Waals surface area contributed by atoms with Crippen molar-refractivity contribution in [3.63, 3.8) is 0 Å². The Kier molecular flexibility index (Phi) is 5.40. The Labute approximate surface area is 169 Å². The maximum absolute atomic E-state index is 14.2. The summed E-state index contributed by atoms with van der Waals surface area (Å²) in [5.41, 5.74) is -2.39. The first-order valence-corrected chi connectivity index (χ1v) is 9.93. The molecule has 3 aromatic rings. The van der Waals surface area contributed by atoms with Gasteiger partial charge in [-0.1, -0.05) is 30.3 Å². The molecule has 1 aromatic heterocycles. The molecule has 2 N–H and O–H groups in total. The van der Waals surface area contributed by atoms with Crippen LogP contribution in [0.4, 0.5) is 17.6 Å². The molecule has 11 heteroatoms. The molecule has 0 amide bonds. The Morgan fingerprint density at radius 1 is 1.20 bits per heavy atom. The van der Waals surface area contributed by atoms with Gasteiger partial charge in [-0.15, -0.1) is 0 Å². The molecule has 0 radical (unpaired) electrons. The number of alkyl halides is 3. The van der Waals surface area contributed by atoms with Crippen LogP contribution in [0.1, 0.15) is 11.3 Å². The third kappa shape index (κ3) is 3.92. The molecule has 3 rings (SSSR count). The maximum Gasteiger partial charge on any atom is 0.433 e. The smallest absolute Gasteiger partial charge is 0.245 e. The Balaban J connectivity index is 2.49. The van der Waals surface area contributed by atoms with E-state index in [1.165, 1.54) is 37.3 Å². The van der Waals surface area contributed by atoms with E-state index in [2.05, 4.69) is 5.10 Å². The first kappa shape index (κ1) is 21.5. The summed E-state index contributed by atoms with van der Waals surface area (Å²) in [7, 11) is -4.32. The monoisotopic (exact) mass is 438 g/mol. The zero-order valence-electron chi connectivity index (χ0n) is 15.4. The molecule has 0 atom stereocenters. The normalized spacial score (nSPS) is 12.0. The van der Waals surface area contributed by atoms with E-state index < -0.39 is 44.7 Å². The summed E-state index contributed by atoms with van der Waals surface area (Å²) < 4.78 is 80.4. The first-order chi connectivity index (χ1) is 13.9. The average Bonchev–Trinajstić information content (AvgIpc) is 3.03. The minimum Gasteiger partial charge on any atom is -0.245 e. The molecule has 0 unspecified atom stereocenters. The van der Waals surface area contributed by atoms with Gasteiger partial charge in [0.2, 0.25) is 10.0 Å². The number of primary sulfonamides is 1. The molecule has 0 saturated heterocycles. The van der Waals surface area contributed by atoms with Crippen LogP contribution in [0.2, 0.25) is 0 Å². The third-order valence-electron chi connectivity index (χ3n) is 4.35. The number of hydrogen-bond acceptors (Lipinski definition) is 4. The number of rotatable bonds is 4. The first-order valence-electron chi connectivity index (χ1n) is 8.39. The maximum atomic E-state index is 14.2. The number of sulfonamides is 1. The molecule has 6 nitrogen and oxygen atoms in total. The largest absolute Gasteiger partial charge is 0.433 e. The Morgan fingerprint density at radius 3 is 2.43 bits per heavy atom. The highest BCUT2D eigenvalue weighted by atomic mass is 32.2. The summed E-state index contributed by atoms with van der Waals surface area (Å²) in [6, 6.07) is 10.2. The average molecular weight is 438 g/mol. The van der Waals surface area contributed by atoms with Crippen molar-refractivity contribution in [2.45, 2.75) is 24.5 Å². The molecule has 30 heavy (non-hydrogen) atoms. The summed E-state index contributed by atoms with van der Waals surface area (Å²) >= 11 is 0. The molecule has 1 heterocycles. The van der Waals surface area contributed by atoms with E-state index in [4.69, 9.17) is 10.4 Å². The highest BCUT2D eigenvalue weighted by Crippen LogP contribution is 2.44. The van der Waals surface area contributed by atoms with Crippen LogP contribution in [0.3, 0.4) is 0 Å².